The second kappa shape index (κ2) is 10.5. The summed E-state index contributed by atoms with van der Waals surface area (Å²) >= 11 is 0. The minimum atomic E-state index is -4.73. The van der Waals surface area contributed by atoms with Crippen molar-refractivity contribution >= 4 is 23.1 Å². The zero-order valence-electron chi connectivity index (χ0n) is 21.1. The molecule has 0 unspecified atom stereocenters. The molecule has 0 aliphatic carbocycles. The van der Waals surface area contributed by atoms with Crippen LogP contribution in [0.2, 0.25) is 0 Å². The Kier molecular flexibility index (Phi) is 7.47. The van der Waals surface area contributed by atoms with Gasteiger partial charge in [0.25, 0.3) is 5.91 Å². The number of likely N-dealkylation sites (tertiary alicyclic amines) is 1. The topological polar surface area (TPSA) is 115 Å². The third-order valence-electron chi connectivity index (χ3n) is 6.21. The number of fused-ring (bicyclic) bond motifs is 1. The lowest BCUT2D eigenvalue weighted by Crippen LogP contribution is -2.42. The van der Waals surface area contributed by atoms with Crippen molar-refractivity contribution in [3.05, 3.63) is 41.7 Å². The summed E-state index contributed by atoms with van der Waals surface area (Å²) in [5.74, 6) is -0.963. The van der Waals surface area contributed by atoms with Gasteiger partial charge in [-0.05, 0) is 37.1 Å². The summed E-state index contributed by atoms with van der Waals surface area (Å²) in [6.07, 6.45) is -4.91. The molecule has 1 saturated heterocycles. The average molecular weight is 537 g/mol. The number of hydrogen-bond donors (Lipinski definition) is 2. The van der Waals surface area contributed by atoms with Gasteiger partial charge in [0, 0.05) is 18.5 Å². The van der Waals surface area contributed by atoms with E-state index in [1.807, 2.05) is 13.8 Å². The highest BCUT2D eigenvalue weighted by atomic mass is 19.4. The number of nitrogens with two attached hydrogens (primary N) is 1. The van der Waals surface area contributed by atoms with Gasteiger partial charge in [-0.3, -0.25) is 9.59 Å². The van der Waals surface area contributed by atoms with Crippen molar-refractivity contribution < 1.29 is 31.9 Å². The summed E-state index contributed by atoms with van der Waals surface area (Å²) in [5.41, 5.74) is 4.53. The van der Waals surface area contributed by atoms with Gasteiger partial charge in [0.15, 0.2) is 5.82 Å². The number of carbonyl (C=O) groups is 2. The van der Waals surface area contributed by atoms with Crippen LogP contribution in [0, 0.1) is 5.92 Å². The highest BCUT2D eigenvalue weighted by Crippen LogP contribution is 2.39. The SMILES string of the molecule is CCOc1ccc(-c2cc(C(F)(F)F)c3c(N)ncnn23)cc1C(=O)N[C@@H]1CN(C(=O)CC(C)C)C[C@@H]1F. The molecular weight excluding hydrogens is 508 g/mol. The van der Waals surface area contributed by atoms with Crippen LogP contribution in [0.25, 0.3) is 16.8 Å². The van der Waals surface area contributed by atoms with Crippen LogP contribution in [-0.2, 0) is 11.0 Å². The van der Waals surface area contributed by atoms with Gasteiger partial charge in [0.2, 0.25) is 5.91 Å². The standard InChI is InChI=1S/C25H28F4N6O3/c1-4-38-20-6-5-14(19-9-16(25(27,28)29)22-23(30)31-12-32-35(19)22)8-15(20)24(37)33-18-11-34(10-17(18)26)21(36)7-13(2)3/h5-6,8-9,12-13,17-18H,4,7,10-11H2,1-3H3,(H,33,37)(H2,30,31,32)/t17-,18+/m0/s1. The van der Waals surface area contributed by atoms with E-state index in [4.69, 9.17) is 10.5 Å². The first kappa shape index (κ1) is 27.1. The predicted octanol–water partition coefficient (Wildman–Crippen LogP) is 3.72. The molecule has 3 heterocycles. The molecule has 1 aromatic carbocycles. The largest absolute Gasteiger partial charge is 0.493 e. The lowest BCUT2D eigenvalue weighted by atomic mass is 10.1. The highest BCUT2D eigenvalue weighted by molar-refractivity contribution is 5.98. The van der Waals surface area contributed by atoms with Crippen LogP contribution >= 0.6 is 0 Å². The first-order valence-electron chi connectivity index (χ1n) is 12.1. The van der Waals surface area contributed by atoms with E-state index in [1.54, 1.807) is 6.92 Å². The molecule has 13 heteroatoms. The minimum absolute atomic E-state index is 0.00552. The zero-order chi connectivity index (χ0) is 27.8. The molecular formula is C25H28F4N6O3. The van der Waals surface area contributed by atoms with Crippen molar-refractivity contribution in [2.45, 2.75) is 45.6 Å². The Bertz CT molecular complexity index is 1360. The summed E-state index contributed by atoms with van der Waals surface area (Å²) in [6.45, 7) is 5.56. The van der Waals surface area contributed by atoms with Crippen LogP contribution in [0.1, 0.15) is 43.1 Å². The van der Waals surface area contributed by atoms with Crippen molar-refractivity contribution in [1.29, 1.82) is 0 Å². The molecule has 3 N–H and O–H groups in total. The van der Waals surface area contributed by atoms with Crippen LogP contribution < -0.4 is 15.8 Å². The van der Waals surface area contributed by atoms with Crippen molar-refractivity contribution in [3.8, 4) is 17.0 Å². The maximum atomic E-state index is 14.8. The van der Waals surface area contributed by atoms with Crippen molar-refractivity contribution in [2.75, 3.05) is 25.4 Å². The number of nitrogen functional groups attached to an aromatic ring is 1. The number of carbonyl (C=O) groups excluding carboxylic acids is 2. The van der Waals surface area contributed by atoms with Gasteiger partial charge in [0.05, 0.1) is 36.0 Å². The smallest absolute Gasteiger partial charge is 0.418 e. The molecule has 1 aliphatic rings. The molecule has 2 atom stereocenters. The van der Waals surface area contributed by atoms with Gasteiger partial charge in [-0.15, -0.1) is 0 Å². The molecule has 38 heavy (non-hydrogen) atoms. The van der Waals surface area contributed by atoms with E-state index in [1.165, 1.54) is 23.1 Å². The Morgan fingerprint density at radius 1 is 1.24 bits per heavy atom. The van der Waals surface area contributed by atoms with Crippen LogP contribution in [0.5, 0.6) is 5.75 Å². The lowest BCUT2D eigenvalue weighted by Gasteiger charge is -2.18. The summed E-state index contributed by atoms with van der Waals surface area (Å²) in [5, 5.41) is 6.55. The number of benzene rings is 1. The quantitative estimate of drug-likeness (QED) is 0.445. The van der Waals surface area contributed by atoms with Crippen LogP contribution in [-0.4, -0.2) is 63.2 Å². The predicted molar refractivity (Wildman–Crippen MR) is 131 cm³/mol. The number of nitrogens with zero attached hydrogens (tertiary/aromatic N) is 4. The van der Waals surface area contributed by atoms with E-state index in [2.05, 4.69) is 15.4 Å². The Morgan fingerprint density at radius 2 is 1.97 bits per heavy atom. The average Bonchev–Trinajstić information content (AvgIpc) is 3.41. The third-order valence-corrected chi connectivity index (χ3v) is 6.21. The number of anilines is 1. The fourth-order valence-electron chi connectivity index (χ4n) is 4.47. The molecule has 1 aliphatic heterocycles. The van der Waals surface area contributed by atoms with E-state index in [9.17, 15) is 27.2 Å². The van der Waals surface area contributed by atoms with E-state index < -0.39 is 35.4 Å². The number of amides is 2. The molecule has 0 spiro atoms. The number of alkyl halides is 4. The number of nitrogens with one attached hydrogen (secondary N) is 1. The molecule has 4 rings (SSSR count). The molecule has 2 aromatic heterocycles. The number of rotatable bonds is 7. The summed E-state index contributed by atoms with van der Waals surface area (Å²) < 4.78 is 62.6. The van der Waals surface area contributed by atoms with Crippen molar-refractivity contribution in [3.63, 3.8) is 0 Å². The van der Waals surface area contributed by atoms with E-state index in [0.29, 0.717) is 0 Å². The second-order valence-electron chi connectivity index (χ2n) is 9.48. The van der Waals surface area contributed by atoms with Gasteiger partial charge < -0.3 is 20.7 Å². The number of aromatic nitrogens is 3. The van der Waals surface area contributed by atoms with Gasteiger partial charge in [-0.2, -0.15) is 18.3 Å². The summed E-state index contributed by atoms with van der Waals surface area (Å²) in [4.78, 5) is 30.7. The van der Waals surface area contributed by atoms with E-state index in [0.717, 1.165) is 16.9 Å². The van der Waals surface area contributed by atoms with Crippen LogP contribution in [0.15, 0.2) is 30.6 Å². The Balaban J connectivity index is 1.68. The molecule has 0 radical (unpaired) electrons. The van der Waals surface area contributed by atoms with Gasteiger partial charge in [0.1, 0.15) is 23.8 Å². The van der Waals surface area contributed by atoms with Crippen LogP contribution in [0.3, 0.4) is 0 Å². The Labute approximate surface area is 216 Å². The molecule has 9 nitrogen and oxygen atoms in total. The lowest BCUT2D eigenvalue weighted by molar-refractivity contribution is -0.136. The Morgan fingerprint density at radius 3 is 2.63 bits per heavy atom. The van der Waals surface area contributed by atoms with Gasteiger partial charge in [-0.1, -0.05) is 13.8 Å². The fourth-order valence-corrected chi connectivity index (χ4v) is 4.47. The molecule has 0 bridgehead atoms. The molecule has 204 valence electrons. The van der Waals surface area contributed by atoms with Crippen LogP contribution in [0.4, 0.5) is 23.4 Å². The van der Waals surface area contributed by atoms with E-state index >= 15 is 0 Å². The summed E-state index contributed by atoms with van der Waals surface area (Å²) in [7, 11) is 0. The second-order valence-corrected chi connectivity index (χ2v) is 9.48. The molecule has 0 saturated carbocycles. The van der Waals surface area contributed by atoms with Gasteiger partial charge >= 0.3 is 6.18 Å². The zero-order valence-corrected chi connectivity index (χ0v) is 21.1. The minimum Gasteiger partial charge on any atom is -0.493 e. The molecule has 1 fully saturated rings. The normalized spacial score (nSPS) is 17.8. The number of ether oxygens (including phenoxy) is 1. The Hall–Kier alpha value is -3.90. The maximum absolute atomic E-state index is 14.8. The summed E-state index contributed by atoms with van der Waals surface area (Å²) in [6, 6.07) is 4.22. The third kappa shape index (κ3) is 5.36. The van der Waals surface area contributed by atoms with Crippen molar-refractivity contribution in [1.82, 2.24) is 24.8 Å². The highest BCUT2D eigenvalue weighted by Gasteiger charge is 2.38. The molecule has 2 amide bonds. The van der Waals surface area contributed by atoms with Crippen molar-refractivity contribution in [2.24, 2.45) is 5.92 Å². The molecule has 3 aromatic rings. The first-order valence-corrected chi connectivity index (χ1v) is 12.1. The number of halogens is 4. The maximum Gasteiger partial charge on any atom is 0.418 e. The van der Waals surface area contributed by atoms with Gasteiger partial charge in [-0.25, -0.2) is 13.9 Å². The fraction of sp³-hybridized carbons (Fsp3) is 0.440. The first-order chi connectivity index (χ1) is 17.9. The number of hydrogen-bond acceptors (Lipinski definition) is 6. The monoisotopic (exact) mass is 536 g/mol. The van der Waals surface area contributed by atoms with E-state index in [-0.39, 0.29) is 66.3 Å².